The van der Waals surface area contributed by atoms with E-state index in [-0.39, 0.29) is 11.5 Å². The third-order valence-electron chi connectivity index (χ3n) is 6.33. The summed E-state index contributed by atoms with van der Waals surface area (Å²) in [7, 11) is 0. The number of phenols is 1. The van der Waals surface area contributed by atoms with Crippen molar-refractivity contribution in [2.24, 2.45) is 11.3 Å². The number of aliphatic hydroxyl groups is 1. The average Bonchev–Trinajstić information content (AvgIpc) is 2.48. The number of phenolic OH excluding ortho intramolecular Hbond substituents is 1. The first-order chi connectivity index (χ1) is 10.1. The number of benzene rings is 1. The molecule has 112 valence electrons. The molecule has 1 saturated carbocycles. The summed E-state index contributed by atoms with van der Waals surface area (Å²) in [5, 5.41) is 20.2. The quantitative estimate of drug-likeness (QED) is 0.754. The highest BCUT2D eigenvalue weighted by molar-refractivity contribution is 5.75. The van der Waals surface area contributed by atoms with Crippen LogP contribution in [0.3, 0.4) is 0 Å². The van der Waals surface area contributed by atoms with E-state index in [1.807, 2.05) is 12.1 Å². The molecule has 0 amide bonds. The van der Waals surface area contributed by atoms with Gasteiger partial charge in [0.15, 0.2) is 0 Å². The van der Waals surface area contributed by atoms with Gasteiger partial charge in [0.05, 0.1) is 6.10 Å². The highest BCUT2D eigenvalue weighted by Crippen LogP contribution is 2.56. The predicted molar refractivity (Wildman–Crippen MR) is 84.0 cm³/mol. The van der Waals surface area contributed by atoms with Crippen molar-refractivity contribution in [3.63, 3.8) is 0 Å². The van der Waals surface area contributed by atoms with Crippen LogP contribution in [0.5, 0.6) is 5.75 Å². The summed E-state index contributed by atoms with van der Waals surface area (Å²) >= 11 is 0. The molecule has 0 heterocycles. The molecule has 1 fully saturated rings. The number of allylic oxidation sites excluding steroid dienone is 2. The van der Waals surface area contributed by atoms with Crippen LogP contribution < -0.4 is 0 Å². The van der Waals surface area contributed by atoms with Gasteiger partial charge in [0.25, 0.3) is 0 Å². The molecule has 0 saturated heterocycles. The van der Waals surface area contributed by atoms with Crippen molar-refractivity contribution in [2.45, 2.75) is 58.0 Å². The van der Waals surface area contributed by atoms with Crippen LogP contribution in [0.4, 0.5) is 0 Å². The van der Waals surface area contributed by atoms with Crippen LogP contribution in [0.2, 0.25) is 0 Å². The third kappa shape index (κ3) is 1.88. The Hall–Kier alpha value is -1.28. The summed E-state index contributed by atoms with van der Waals surface area (Å²) in [6.07, 6.45) is 7.55. The van der Waals surface area contributed by atoms with E-state index < -0.39 is 0 Å². The van der Waals surface area contributed by atoms with E-state index in [1.54, 1.807) is 5.57 Å². The van der Waals surface area contributed by atoms with Gasteiger partial charge in [-0.2, -0.15) is 0 Å². The van der Waals surface area contributed by atoms with E-state index in [2.05, 4.69) is 13.0 Å². The lowest BCUT2D eigenvalue weighted by molar-refractivity contribution is -0.0393. The fourth-order valence-corrected chi connectivity index (χ4v) is 5.07. The maximum atomic E-state index is 10.5. The van der Waals surface area contributed by atoms with Gasteiger partial charge < -0.3 is 10.2 Å². The monoisotopic (exact) mass is 284 g/mol. The molecular weight excluding hydrogens is 260 g/mol. The molecular formula is C19H24O2. The van der Waals surface area contributed by atoms with E-state index in [1.165, 1.54) is 23.1 Å². The number of aryl methyl sites for hydroxylation is 1. The molecule has 3 aliphatic carbocycles. The van der Waals surface area contributed by atoms with E-state index in [9.17, 15) is 10.2 Å². The van der Waals surface area contributed by atoms with Crippen molar-refractivity contribution >= 4 is 5.57 Å². The number of hydrogen-bond donors (Lipinski definition) is 2. The first kappa shape index (κ1) is 13.4. The van der Waals surface area contributed by atoms with Crippen molar-refractivity contribution < 1.29 is 10.2 Å². The van der Waals surface area contributed by atoms with Gasteiger partial charge in [-0.05, 0) is 73.3 Å². The summed E-state index contributed by atoms with van der Waals surface area (Å²) in [6.45, 7) is 2.30. The molecule has 0 unspecified atom stereocenters. The molecule has 0 aliphatic heterocycles. The molecule has 2 N–H and O–H groups in total. The summed E-state index contributed by atoms with van der Waals surface area (Å²) < 4.78 is 0. The minimum atomic E-state index is -0.133. The van der Waals surface area contributed by atoms with Crippen LogP contribution in [0.15, 0.2) is 23.8 Å². The van der Waals surface area contributed by atoms with Gasteiger partial charge in [-0.25, -0.2) is 0 Å². The first-order valence-corrected chi connectivity index (χ1v) is 8.32. The number of rotatable bonds is 0. The standard InChI is InChI=1S/C19H24O2/c1-19-10-9-15-14-8-6-13(20)11-12(14)5-7-16(15)17(19)3-2-4-18(19)21/h6,8,11,17-18,20-21H,2-5,7,9-10H2,1H3/t17-,18-,19-/m0/s1. The smallest absolute Gasteiger partial charge is 0.115 e. The van der Waals surface area contributed by atoms with Gasteiger partial charge in [-0.1, -0.05) is 25.0 Å². The van der Waals surface area contributed by atoms with E-state index in [0.717, 1.165) is 38.5 Å². The van der Waals surface area contributed by atoms with Crippen LogP contribution in [-0.4, -0.2) is 16.3 Å². The average molecular weight is 284 g/mol. The van der Waals surface area contributed by atoms with E-state index >= 15 is 0 Å². The van der Waals surface area contributed by atoms with Crippen LogP contribution in [0.1, 0.15) is 56.6 Å². The van der Waals surface area contributed by atoms with Gasteiger partial charge in [0.1, 0.15) is 5.75 Å². The highest BCUT2D eigenvalue weighted by atomic mass is 16.3. The van der Waals surface area contributed by atoms with Crippen LogP contribution in [0, 0.1) is 11.3 Å². The number of hydrogen-bond acceptors (Lipinski definition) is 2. The molecule has 3 atom stereocenters. The molecule has 0 aromatic heterocycles. The molecule has 0 radical (unpaired) electrons. The summed E-state index contributed by atoms with van der Waals surface area (Å²) in [5.41, 5.74) is 5.88. The topological polar surface area (TPSA) is 40.5 Å². The van der Waals surface area contributed by atoms with Gasteiger partial charge in [0, 0.05) is 5.41 Å². The zero-order valence-electron chi connectivity index (χ0n) is 12.7. The second-order valence-electron chi connectivity index (χ2n) is 7.35. The summed E-state index contributed by atoms with van der Waals surface area (Å²) in [6, 6.07) is 5.85. The molecule has 2 heteroatoms. The van der Waals surface area contributed by atoms with Gasteiger partial charge >= 0.3 is 0 Å². The number of aromatic hydroxyl groups is 1. The van der Waals surface area contributed by atoms with Gasteiger partial charge in [-0.15, -0.1) is 0 Å². The normalized spacial score (nSPS) is 35.0. The Bertz CT molecular complexity index is 616. The zero-order valence-corrected chi connectivity index (χ0v) is 12.7. The lowest BCUT2D eigenvalue weighted by Crippen LogP contribution is -2.46. The molecule has 1 aromatic carbocycles. The maximum Gasteiger partial charge on any atom is 0.115 e. The largest absolute Gasteiger partial charge is 0.508 e. The summed E-state index contributed by atoms with van der Waals surface area (Å²) in [4.78, 5) is 0. The Kier molecular flexibility index (Phi) is 2.94. The van der Waals surface area contributed by atoms with Crippen LogP contribution in [0.25, 0.3) is 5.57 Å². The molecule has 1 aromatic rings. The Labute approximate surface area is 126 Å². The second kappa shape index (κ2) is 4.61. The summed E-state index contributed by atoms with van der Waals surface area (Å²) in [5.74, 6) is 0.943. The van der Waals surface area contributed by atoms with Crippen molar-refractivity contribution in [1.29, 1.82) is 0 Å². The van der Waals surface area contributed by atoms with Crippen LogP contribution in [-0.2, 0) is 6.42 Å². The molecule has 2 nitrogen and oxygen atoms in total. The maximum absolute atomic E-state index is 10.5. The fraction of sp³-hybridized carbons (Fsp3) is 0.579. The second-order valence-corrected chi connectivity index (χ2v) is 7.35. The molecule has 4 rings (SSSR count). The Balaban J connectivity index is 1.81. The predicted octanol–water partition coefficient (Wildman–Crippen LogP) is 4.05. The van der Waals surface area contributed by atoms with Crippen LogP contribution >= 0.6 is 0 Å². The molecule has 0 bridgehead atoms. The minimum Gasteiger partial charge on any atom is -0.508 e. The number of aliphatic hydroxyl groups excluding tert-OH is 1. The van der Waals surface area contributed by atoms with Gasteiger partial charge in [0.2, 0.25) is 0 Å². The SMILES string of the molecule is C[C@]12CCC3=C(CCc4cc(O)ccc43)[C@@H]1CCC[C@@H]2O. The van der Waals surface area contributed by atoms with Crippen molar-refractivity contribution in [1.82, 2.24) is 0 Å². The lowest BCUT2D eigenvalue weighted by Gasteiger charge is -2.51. The molecule has 3 aliphatic rings. The lowest BCUT2D eigenvalue weighted by atomic mass is 9.55. The third-order valence-corrected chi connectivity index (χ3v) is 6.33. The minimum absolute atomic E-state index is 0.0888. The molecule has 21 heavy (non-hydrogen) atoms. The fourth-order valence-electron chi connectivity index (χ4n) is 5.07. The zero-order chi connectivity index (χ0) is 14.6. The van der Waals surface area contributed by atoms with Crippen molar-refractivity contribution in [2.75, 3.05) is 0 Å². The Morgan fingerprint density at radius 3 is 2.86 bits per heavy atom. The molecule has 0 spiro atoms. The first-order valence-electron chi connectivity index (χ1n) is 8.32. The van der Waals surface area contributed by atoms with E-state index in [0.29, 0.717) is 11.7 Å². The van der Waals surface area contributed by atoms with E-state index in [4.69, 9.17) is 0 Å². The van der Waals surface area contributed by atoms with Gasteiger partial charge in [-0.3, -0.25) is 0 Å². The Morgan fingerprint density at radius 2 is 2.00 bits per heavy atom. The Morgan fingerprint density at radius 1 is 1.14 bits per heavy atom. The highest BCUT2D eigenvalue weighted by Gasteiger charge is 2.48. The van der Waals surface area contributed by atoms with Crippen molar-refractivity contribution in [3.05, 3.63) is 34.9 Å². The number of fused-ring (bicyclic) bond motifs is 4. The van der Waals surface area contributed by atoms with Crippen molar-refractivity contribution in [3.8, 4) is 5.75 Å².